The maximum atomic E-state index is 11.9. The molecule has 0 aliphatic carbocycles. The molecular formula is C23H19N7O2S. The monoisotopic (exact) mass is 457 g/mol. The lowest BCUT2D eigenvalue weighted by atomic mass is 10.1. The quantitative estimate of drug-likeness (QED) is 0.413. The van der Waals surface area contributed by atoms with Crippen LogP contribution in [0.3, 0.4) is 0 Å². The van der Waals surface area contributed by atoms with E-state index in [4.69, 9.17) is 4.98 Å². The van der Waals surface area contributed by atoms with Crippen LogP contribution in [0, 0.1) is 0 Å². The van der Waals surface area contributed by atoms with Gasteiger partial charge in [0.1, 0.15) is 11.2 Å². The number of nitrogens with zero attached hydrogens (tertiary/aromatic N) is 6. The van der Waals surface area contributed by atoms with Gasteiger partial charge in [0, 0.05) is 24.2 Å². The Bertz CT molecular complexity index is 1540. The lowest BCUT2D eigenvalue weighted by molar-refractivity contribution is 0.597. The first-order chi connectivity index (χ1) is 16.0. The molecule has 0 saturated heterocycles. The molecule has 4 aromatic heterocycles. The summed E-state index contributed by atoms with van der Waals surface area (Å²) in [5.74, 6) is 0.820. The number of sulfone groups is 1. The lowest BCUT2D eigenvalue weighted by Crippen LogP contribution is -2.09. The van der Waals surface area contributed by atoms with Gasteiger partial charge in [0.25, 0.3) is 0 Å². The van der Waals surface area contributed by atoms with E-state index in [1.165, 1.54) is 12.4 Å². The van der Waals surface area contributed by atoms with Gasteiger partial charge in [-0.25, -0.2) is 22.9 Å². The summed E-state index contributed by atoms with van der Waals surface area (Å²) in [5, 5.41) is 7.80. The van der Waals surface area contributed by atoms with E-state index in [0.29, 0.717) is 12.4 Å². The van der Waals surface area contributed by atoms with Crippen molar-refractivity contribution in [3.8, 4) is 22.6 Å². The molecule has 0 aliphatic heterocycles. The number of anilines is 1. The van der Waals surface area contributed by atoms with E-state index in [1.807, 2.05) is 60.8 Å². The summed E-state index contributed by atoms with van der Waals surface area (Å²) in [7, 11) is -3.52. The molecule has 5 rings (SSSR count). The summed E-state index contributed by atoms with van der Waals surface area (Å²) in [6.07, 6.45) is 7.31. The van der Waals surface area contributed by atoms with E-state index in [-0.39, 0.29) is 16.5 Å². The van der Waals surface area contributed by atoms with Crippen LogP contribution in [-0.4, -0.2) is 44.2 Å². The van der Waals surface area contributed by atoms with Crippen molar-refractivity contribution in [1.29, 1.82) is 0 Å². The molecule has 9 nitrogen and oxygen atoms in total. The number of benzene rings is 1. The van der Waals surface area contributed by atoms with Gasteiger partial charge in [0.15, 0.2) is 20.7 Å². The van der Waals surface area contributed by atoms with E-state index in [0.717, 1.165) is 28.6 Å². The molecule has 0 aliphatic rings. The summed E-state index contributed by atoms with van der Waals surface area (Å²) >= 11 is 0. The Morgan fingerprint density at radius 2 is 1.79 bits per heavy atom. The van der Waals surface area contributed by atoms with E-state index in [9.17, 15) is 8.42 Å². The zero-order valence-corrected chi connectivity index (χ0v) is 18.4. The van der Waals surface area contributed by atoms with Gasteiger partial charge < -0.3 is 5.32 Å². The van der Waals surface area contributed by atoms with Crippen LogP contribution in [0.15, 0.2) is 84.4 Å². The van der Waals surface area contributed by atoms with Gasteiger partial charge in [0.2, 0.25) is 5.82 Å². The summed E-state index contributed by atoms with van der Waals surface area (Å²) < 4.78 is 25.6. The SMILES string of the molecule is CS(=O)(=O)c1cncc(-c2nc(NCc3ccccn3)c3c(-c4ccccc4)ccn3n2)n1. The Hall–Kier alpha value is -4.18. The van der Waals surface area contributed by atoms with Gasteiger partial charge in [-0.1, -0.05) is 36.4 Å². The largest absolute Gasteiger partial charge is 0.363 e. The fraction of sp³-hybridized carbons (Fsp3) is 0.0870. The minimum absolute atomic E-state index is 0.135. The second kappa shape index (κ2) is 8.40. The van der Waals surface area contributed by atoms with Crippen molar-refractivity contribution in [3.05, 3.63) is 85.1 Å². The maximum Gasteiger partial charge on any atom is 0.202 e. The van der Waals surface area contributed by atoms with Gasteiger partial charge in [-0.3, -0.25) is 9.97 Å². The number of fused-ring (bicyclic) bond motifs is 1. The number of hydrogen-bond acceptors (Lipinski definition) is 8. The smallest absolute Gasteiger partial charge is 0.202 e. The van der Waals surface area contributed by atoms with Crippen LogP contribution in [0.25, 0.3) is 28.2 Å². The Balaban J connectivity index is 1.65. The molecule has 33 heavy (non-hydrogen) atoms. The Morgan fingerprint density at radius 3 is 2.55 bits per heavy atom. The fourth-order valence-electron chi connectivity index (χ4n) is 3.42. The van der Waals surface area contributed by atoms with E-state index in [1.54, 1.807) is 10.7 Å². The molecule has 4 heterocycles. The molecule has 0 unspecified atom stereocenters. The van der Waals surface area contributed by atoms with Gasteiger partial charge >= 0.3 is 0 Å². The third-order valence-corrected chi connectivity index (χ3v) is 5.94. The second-order valence-corrected chi connectivity index (χ2v) is 9.32. The zero-order chi connectivity index (χ0) is 22.8. The Kier molecular flexibility index (Phi) is 5.27. The van der Waals surface area contributed by atoms with E-state index >= 15 is 0 Å². The lowest BCUT2D eigenvalue weighted by Gasteiger charge is -2.11. The van der Waals surface area contributed by atoms with Crippen molar-refractivity contribution in [2.75, 3.05) is 11.6 Å². The van der Waals surface area contributed by atoms with Crippen LogP contribution in [0.2, 0.25) is 0 Å². The highest BCUT2D eigenvalue weighted by molar-refractivity contribution is 7.90. The number of pyridine rings is 1. The highest BCUT2D eigenvalue weighted by atomic mass is 32.2. The summed E-state index contributed by atoms with van der Waals surface area (Å²) in [6.45, 7) is 0.446. The molecule has 0 saturated carbocycles. The Labute approximate surface area is 190 Å². The van der Waals surface area contributed by atoms with Crippen LogP contribution in [0.5, 0.6) is 0 Å². The van der Waals surface area contributed by atoms with Crippen molar-refractivity contribution in [1.82, 2.24) is 29.5 Å². The molecule has 0 bridgehead atoms. The van der Waals surface area contributed by atoms with Crippen LogP contribution < -0.4 is 5.32 Å². The van der Waals surface area contributed by atoms with E-state index < -0.39 is 9.84 Å². The first kappa shape index (κ1) is 20.7. The third kappa shape index (κ3) is 4.28. The second-order valence-electron chi connectivity index (χ2n) is 7.36. The number of hydrogen-bond donors (Lipinski definition) is 1. The number of aromatic nitrogens is 6. The molecule has 0 amide bonds. The first-order valence-corrected chi connectivity index (χ1v) is 12.0. The minimum atomic E-state index is -3.52. The van der Waals surface area contributed by atoms with Crippen LogP contribution in [0.1, 0.15) is 5.69 Å². The molecule has 5 aromatic rings. The molecule has 1 N–H and O–H groups in total. The predicted molar refractivity (Wildman–Crippen MR) is 124 cm³/mol. The van der Waals surface area contributed by atoms with Crippen molar-refractivity contribution < 1.29 is 8.42 Å². The maximum absolute atomic E-state index is 11.9. The zero-order valence-electron chi connectivity index (χ0n) is 17.6. The van der Waals surface area contributed by atoms with Gasteiger partial charge in [-0.15, -0.1) is 5.10 Å². The van der Waals surface area contributed by atoms with Crippen LogP contribution in [0.4, 0.5) is 5.82 Å². The van der Waals surface area contributed by atoms with Crippen LogP contribution >= 0.6 is 0 Å². The molecule has 164 valence electrons. The van der Waals surface area contributed by atoms with E-state index in [2.05, 4.69) is 25.4 Å². The van der Waals surface area contributed by atoms with Crippen molar-refractivity contribution >= 4 is 21.2 Å². The number of nitrogens with one attached hydrogen (secondary N) is 1. The highest BCUT2D eigenvalue weighted by Crippen LogP contribution is 2.31. The normalized spacial score (nSPS) is 11.5. The van der Waals surface area contributed by atoms with Gasteiger partial charge in [-0.05, 0) is 23.8 Å². The molecule has 10 heteroatoms. The molecule has 0 fully saturated rings. The van der Waals surface area contributed by atoms with Crippen molar-refractivity contribution in [3.63, 3.8) is 0 Å². The molecule has 1 aromatic carbocycles. The average molecular weight is 458 g/mol. The minimum Gasteiger partial charge on any atom is -0.363 e. The standard InChI is InChI=1S/C23H19N7O2S/c1-33(31,32)20-15-24-14-19(27-20)22-28-23(26-13-17-9-5-6-11-25-17)21-18(10-12-30(21)29-22)16-7-3-2-4-8-16/h2-12,14-15H,13H2,1H3,(H,26,28,29). The fourth-order valence-corrected chi connectivity index (χ4v) is 3.94. The van der Waals surface area contributed by atoms with Gasteiger partial charge in [0.05, 0.1) is 24.6 Å². The highest BCUT2D eigenvalue weighted by Gasteiger charge is 2.18. The Morgan fingerprint density at radius 1 is 0.970 bits per heavy atom. The molecule has 0 atom stereocenters. The summed E-state index contributed by atoms with van der Waals surface area (Å²) in [6, 6.07) is 17.6. The molecular weight excluding hydrogens is 438 g/mol. The van der Waals surface area contributed by atoms with Crippen molar-refractivity contribution in [2.45, 2.75) is 11.6 Å². The topological polar surface area (TPSA) is 115 Å². The first-order valence-electron chi connectivity index (χ1n) is 10.1. The molecule has 0 radical (unpaired) electrons. The van der Waals surface area contributed by atoms with Crippen LogP contribution in [-0.2, 0) is 16.4 Å². The third-order valence-electron chi connectivity index (χ3n) is 4.98. The molecule has 0 spiro atoms. The number of rotatable bonds is 6. The van der Waals surface area contributed by atoms with Crippen molar-refractivity contribution in [2.24, 2.45) is 0 Å². The summed E-state index contributed by atoms with van der Waals surface area (Å²) in [5.41, 5.74) is 3.88. The summed E-state index contributed by atoms with van der Waals surface area (Å²) in [4.78, 5) is 17.3. The van der Waals surface area contributed by atoms with Gasteiger partial charge in [-0.2, -0.15) is 0 Å². The predicted octanol–water partition coefficient (Wildman–Crippen LogP) is 3.26. The average Bonchev–Trinajstić information content (AvgIpc) is 3.28.